The number of primary amides is 1. The van der Waals surface area contributed by atoms with Gasteiger partial charge in [0.25, 0.3) is 5.91 Å². The molecule has 0 spiro atoms. The van der Waals surface area contributed by atoms with Crippen molar-refractivity contribution in [2.45, 2.75) is 50.7 Å². The van der Waals surface area contributed by atoms with Gasteiger partial charge in [-0.2, -0.15) is 0 Å². The van der Waals surface area contributed by atoms with Crippen molar-refractivity contribution >= 4 is 35.2 Å². The molecule has 0 unspecified atom stereocenters. The second-order valence-corrected chi connectivity index (χ2v) is 10.7. The summed E-state index contributed by atoms with van der Waals surface area (Å²) in [4.78, 5) is 38.7. The summed E-state index contributed by atoms with van der Waals surface area (Å²) in [5.74, 6) is -4.00. The molecule has 8 nitrogen and oxygen atoms in total. The lowest BCUT2D eigenvalue weighted by Crippen LogP contribution is -2.46. The molecule has 12 heteroatoms. The van der Waals surface area contributed by atoms with Gasteiger partial charge in [-0.1, -0.05) is 26.0 Å². The highest BCUT2D eigenvalue weighted by atomic mass is 32.2. The fraction of sp³-hybridized carbons (Fsp3) is 0.423. The molecule has 206 valence electrons. The summed E-state index contributed by atoms with van der Waals surface area (Å²) in [5.41, 5.74) is 12.9. The summed E-state index contributed by atoms with van der Waals surface area (Å²) in [6.07, 6.45) is -0.339. The van der Waals surface area contributed by atoms with Crippen LogP contribution in [0.1, 0.15) is 31.4 Å². The molecule has 6 N–H and O–H groups in total. The third-order valence-electron chi connectivity index (χ3n) is 6.16. The van der Waals surface area contributed by atoms with E-state index in [4.69, 9.17) is 11.5 Å². The van der Waals surface area contributed by atoms with E-state index in [1.807, 2.05) is 26.0 Å². The first-order valence-corrected chi connectivity index (χ1v) is 13.2. The zero-order chi connectivity index (χ0) is 28.0. The van der Waals surface area contributed by atoms with Crippen molar-refractivity contribution in [1.29, 1.82) is 0 Å². The molecule has 1 heterocycles. The Bertz CT molecular complexity index is 1170. The Labute approximate surface area is 223 Å². The van der Waals surface area contributed by atoms with Crippen LogP contribution in [0.2, 0.25) is 0 Å². The van der Waals surface area contributed by atoms with Crippen molar-refractivity contribution in [3.05, 3.63) is 65.0 Å². The number of nitrogens with one attached hydrogen (secondary N) is 2. The molecule has 3 rings (SSSR count). The predicted octanol–water partition coefficient (Wildman–Crippen LogP) is 2.50. The maximum absolute atomic E-state index is 13.9. The van der Waals surface area contributed by atoms with Crippen LogP contribution in [0.3, 0.4) is 0 Å². The fourth-order valence-corrected chi connectivity index (χ4v) is 5.26. The van der Waals surface area contributed by atoms with Gasteiger partial charge in [0, 0.05) is 43.1 Å². The van der Waals surface area contributed by atoms with Crippen LogP contribution in [-0.4, -0.2) is 52.4 Å². The molecule has 0 aromatic heterocycles. The van der Waals surface area contributed by atoms with Crippen LogP contribution in [0.25, 0.3) is 0 Å². The number of hydrogen-bond donors (Lipinski definition) is 4. The van der Waals surface area contributed by atoms with Gasteiger partial charge in [-0.05, 0) is 41.7 Å². The van der Waals surface area contributed by atoms with E-state index in [2.05, 4.69) is 10.6 Å². The summed E-state index contributed by atoms with van der Waals surface area (Å²) >= 11 is 1.32. The van der Waals surface area contributed by atoms with E-state index in [9.17, 15) is 27.6 Å². The second kappa shape index (κ2) is 13.0. The van der Waals surface area contributed by atoms with Crippen molar-refractivity contribution in [3.8, 4) is 0 Å². The molecule has 0 bridgehead atoms. The monoisotopic (exact) mass is 551 g/mol. The van der Waals surface area contributed by atoms with Gasteiger partial charge in [-0.25, -0.2) is 13.2 Å². The number of carbonyl (C=O) groups is 3. The number of carbonyl (C=O) groups excluding carboxylic acids is 3. The molecule has 38 heavy (non-hydrogen) atoms. The van der Waals surface area contributed by atoms with Gasteiger partial charge in [-0.15, -0.1) is 11.8 Å². The number of rotatable bonds is 11. The third-order valence-corrected chi connectivity index (χ3v) is 7.36. The van der Waals surface area contributed by atoms with E-state index in [-0.39, 0.29) is 42.7 Å². The quantitative estimate of drug-likeness (QED) is 0.318. The lowest BCUT2D eigenvalue weighted by Gasteiger charge is -2.24. The number of halogens is 3. The van der Waals surface area contributed by atoms with Gasteiger partial charge in [-0.3, -0.25) is 14.4 Å². The molecule has 3 atom stereocenters. The van der Waals surface area contributed by atoms with Gasteiger partial charge in [0.2, 0.25) is 11.8 Å². The minimum Gasteiger partial charge on any atom is -0.373 e. The highest BCUT2D eigenvalue weighted by Crippen LogP contribution is 2.25. The number of nitrogens with two attached hydrogens (primary N) is 2. The van der Waals surface area contributed by atoms with Gasteiger partial charge >= 0.3 is 0 Å². The number of amides is 3. The van der Waals surface area contributed by atoms with E-state index < -0.39 is 40.8 Å². The van der Waals surface area contributed by atoms with Crippen LogP contribution >= 0.6 is 11.8 Å². The number of nitrogens with zero attached hydrogens (tertiary/aromatic N) is 1. The zero-order valence-electron chi connectivity index (χ0n) is 21.2. The molecule has 1 fully saturated rings. The zero-order valence-corrected chi connectivity index (χ0v) is 22.0. The Balaban J connectivity index is 1.52. The average Bonchev–Trinajstić information content (AvgIpc) is 3.35. The van der Waals surface area contributed by atoms with Crippen molar-refractivity contribution in [1.82, 2.24) is 10.2 Å². The third kappa shape index (κ3) is 7.64. The first kappa shape index (κ1) is 29.3. The predicted molar refractivity (Wildman–Crippen MR) is 140 cm³/mol. The standard InChI is InChI=1S/C26H32F3N5O3S/c1-14(2)23(24(31)36)33-18-5-3-15(4-6-18)13-32-25(37)26-34(7-8-38-26)22(35)11-17(30)9-16-10-20(28)21(29)12-19(16)27/h3-6,10,12,14,17,23,26,33H,7-9,11,13,30H2,1-2H3,(H2,31,36)(H,32,37)/t17-,23-,26+/m1/s1. The Morgan fingerprint density at radius 1 is 1.08 bits per heavy atom. The van der Waals surface area contributed by atoms with E-state index >= 15 is 0 Å². The van der Waals surface area contributed by atoms with Crippen LogP contribution in [-0.2, 0) is 27.3 Å². The number of hydrogen-bond acceptors (Lipinski definition) is 6. The first-order valence-electron chi connectivity index (χ1n) is 12.2. The van der Waals surface area contributed by atoms with Crippen molar-refractivity contribution in [2.75, 3.05) is 17.6 Å². The summed E-state index contributed by atoms with van der Waals surface area (Å²) in [5, 5.41) is 5.19. The molecule has 0 saturated carbocycles. The smallest absolute Gasteiger partial charge is 0.253 e. The summed E-state index contributed by atoms with van der Waals surface area (Å²) in [6.45, 7) is 4.37. The molecular weight excluding hydrogens is 519 g/mol. The van der Waals surface area contributed by atoms with Crippen LogP contribution in [0, 0.1) is 23.4 Å². The van der Waals surface area contributed by atoms with Gasteiger partial charge < -0.3 is 27.0 Å². The molecule has 0 aliphatic carbocycles. The molecule has 3 amide bonds. The molecule has 1 saturated heterocycles. The number of thioether (sulfide) groups is 1. The first-order chi connectivity index (χ1) is 18.0. The Morgan fingerprint density at radius 3 is 2.37 bits per heavy atom. The van der Waals surface area contributed by atoms with E-state index in [1.165, 1.54) is 16.7 Å². The minimum atomic E-state index is -1.30. The summed E-state index contributed by atoms with van der Waals surface area (Å²) < 4.78 is 40.5. The topological polar surface area (TPSA) is 131 Å². The Morgan fingerprint density at radius 2 is 1.74 bits per heavy atom. The van der Waals surface area contributed by atoms with Crippen molar-refractivity contribution in [3.63, 3.8) is 0 Å². The summed E-state index contributed by atoms with van der Waals surface area (Å²) in [6, 6.07) is 7.03. The maximum Gasteiger partial charge on any atom is 0.253 e. The molecule has 0 radical (unpaired) electrons. The van der Waals surface area contributed by atoms with E-state index in [1.54, 1.807) is 12.1 Å². The van der Waals surface area contributed by atoms with Gasteiger partial charge in [0.05, 0.1) is 0 Å². The lowest BCUT2D eigenvalue weighted by molar-refractivity contribution is -0.136. The largest absolute Gasteiger partial charge is 0.373 e. The average molecular weight is 552 g/mol. The molecular formula is C26H32F3N5O3S. The van der Waals surface area contributed by atoms with Gasteiger partial charge in [0.1, 0.15) is 11.9 Å². The summed E-state index contributed by atoms with van der Waals surface area (Å²) in [7, 11) is 0. The SMILES string of the molecule is CC(C)[C@@H](Nc1ccc(CNC(=O)[C@@H]2SCCN2C(=O)C[C@H](N)Cc2cc(F)c(F)cc2F)cc1)C(N)=O. The van der Waals surface area contributed by atoms with E-state index in [0.717, 1.165) is 17.3 Å². The molecule has 2 aromatic rings. The van der Waals surface area contributed by atoms with Crippen LogP contribution in [0.15, 0.2) is 36.4 Å². The van der Waals surface area contributed by atoms with Crippen LogP contribution in [0.5, 0.6) is 0 Å². The van der Waals surface area contributed by atoms with E-state index in [0.29, 0.717) is 18.4 Å². The van der Waals surface area contributed by atoms with Gasteiger partial charge in [0.15, 0.2) is 17.0 Å². The van der Waals surface area contributed by atoms with Crippen LogP contribution in [0.4, 0.5) is 18.9 Å². The van der Waals surface area contributed by atoms with Crippen molar-refractivity contribution in [2.24, 2.45) is 17.4 Å². The minimum absolute atomic E-state index is 0.0164. The number of anilines is 1. The number of benzene rings is 2. The Hall–Kier alpha value is -3.25. The molecule has 1 aliphatic rings. The van der Waals surface area contributed by atoms with Crippen molar-refractivity contribution < 1.29 is 27.6 Å². The molecule has 1 aliphatic heterocycles. The van der Waals surface area contributed by atoms with Crippen LogP contribution < -0.4 is 22.1 Å². The normalized spacial score (nSPS) is 16.8. The Kier molecular flexibility index (Phi) is 10.0. The second-order valence-electron chi connectivity index (χ2n) is 9.52. The lowest BCUT2D eigenvalue weighted by atomic mass is 10.0. The highest BCUT2D eigenvalue weighted by Gasteiger charge is 2.35. The maximum atomic E-state index is 13.9. The highest BCUT2D eigenvalue weighted by molar-refractivity contribution is 8.00. The molecule has 2 aromatic carbocycles. The fourth-order valence-electron chi connectivity index (χ4n) is 4.10.